The third-order valence-corrected chi connectivity index (χ3v) is 1.96. The second-order valence-corrected chi connectivity index (χ2v) is 3.10. The van der Waals surface area contributed by atoms with Crippen molar-refractivity contribution in [3.8, 4) is 0 Å². The van der Waals surface area contributed by atoms with E-state index >= 15 is 0 Å². The standard InChI is InChI=1S/C11H15N3O2/c1-2-16-11(15)14-10(13)9-5-3-8(7-12)4-6-9/h3-6H,2,7,12H2,1H3,(H2,13,14,15). The van der Waals surface area contributed by atoms with Gasteiger partial charge in [0, 0.05) is 12.1 Å². The Labute approximate surface area is 94.1 Å². The Balaban J connectivity index is 2.79. The Hall–Kier alpha value is -1.88. The van der Waals surface area contributed by atoms with Gasteiger partial charge in [-0.15, -0.1) is 0 Å². The van der Waals surface area contributed by atoms with E-state index in [1.807, 2.05) is 12.1 Å². The molecule has 0 aliphatic rings. The molecule has 16 heavy (non-hydrogen) atoms. The molecule has 0 fully saturated rings. The van der Waals surface area contributed by atoms with Gasteiger partial charge in [0.1, 0.15) is 5.84 Å². The Bertz CT molecular complexity index is 385. The summed E-state index contributed by atoms with van der Waals surface area (Å²) in [5, 5.41) is 0. The molecule has 86 valence electrons. The van der Waals surface area contributed by atoms with Crippen molar-refractivity contribution in [2.24, 2.45) is 16.5 Å². The van der Waals surface area contributed by atoms with Gasteiger partial charge in [0.25, 0.3) is 0 Å². The van der Waals surface area contributed by atoms with Crippen LogP contribution in [0.25, 0.3) is 0 Å². The molecule has 5 nitrogen and oxygen atoms in total. The first-order chi connectivity index (χ1) is 7.67. The van der Waals surface area contributed by atoms with Crippen LogP contribution in [0.3, 0.4) is 0 Å². The number of nitrogens with two attached hydrogens (primary N) is 2. The highest BCUT2D eigenvalue weighted by Gasteiger charge is 2.03. The smallest absolute Gasteiger partial charge is 0.435 e. The minimum Gasteiger partial charge on any atom is -0.448 e. The number of nitrogens with zero attached hydrogens (tertiary/aromatic N) is 1. The molecule has 0 aliphatic carbocycles. The van der Waals surface area contributed by atoms with E-state index in [-0.39, 0.29) is 12.4 Å². The summed E-state index contributed by atoms with van der Waals surface area (Å²) in [6.07, 6.45) is -0.678. The summed E-state index contributed by atoms with van der Waals surface area (Å²) in [5.41, 5.74) is 12.8. The first kappa shape index (κ1) is 12.2. The van der Waals surface area contributed by atoms with Crippen LogP contribution >= 0.6 is 0 Å². The largest absolute Gasteiger partial charge is 0.448 e. The lowest BCUT2D eigenvalue weighted by molar-refractivity contribution is 0.163. The number of amides is 1. The number of aliphatic imine (C=N–C) groups is 1. The highest BCUT2D eigenvalue weighted by molar-refractivity contribution is 6.02. The van der Waals surface area contributed by atoms with Crippen molar-refractivity contribution in [2.45, 2.75) is 13.5 Å². The molecular weight excluding hydrogens is 206 g/mol. The fourth-order valence-electron chi connectivity index (χ4n) is 1.13. The van der Waals surface area contributed by atoms with Gasteiger partial charge < -0.3 is 16.2 Å². The number of ether oxygens (including phenoxy) is 1. The van der Waals surface area contributed by atoms with E-state index in [0.717, 1.165) is 5.56 Å². The van der Waals surface area contributed by atoms with Crippen LogP contribution < -0.4 is 11.5 Å². The maximum atomic E-state index is 11.0. The lowest BCUT2D eigenvalue weighted by Gasteiger charge is -2.02. The molecule has 0 saturated heterocycles. The van der Waals surface area contributed by atoms with E-state index in [0.29, 0.717) is 12.1 Å². The zero-order valence-electron chi connectivity index (χ0n) is 9.14. The van der Waals surface area contributed by atoms with E-state index in [1.54, 1.807) is 19.1 Å². The van der Waals surface area contributed by atoms with Crippen LogP contribution in [0, 0.1) is 0 Å². The summed E-state index contributed by atoms with van der Waals surface area (Å²) in [5.74, 6) is 0.141. The summed E-state index contributed by atoms with van der Waals surface area (Å²) < 4.78 is 4.65. The van der Waals surface area contributed by atoms with E-state index in [4.69, 9.17) is 11.5 Å². The van der Waals surface area contributed by atoms with Gasteiger partial charge in [0.15, 0.2) is 0 Å². The summed E-state index contributed by atoms with van der Waals surface area (Å²) in [7, 11) is 0. The molecule has 0 spiro atoms. The Morgan fingerprint density at radius 1 is 1.38 bits per heavy atom. The van der Waals surface area contributed by atoms with Crippen molar-refractivity contribution in [1.82, 2.24) is 0 Å². The average Bonchev–Trinajstić information content (AvgIpc) is 2.29. The maximum absolute atomic E-state index is 11.0. The first-order valence-corrected chi connectivity index (χ1v) is 4.97. The molecular formula is C11H15N3O2. The zero-order chi connectivity index (χ0) is 12.0. The molecule has 0 bridgehead atoms. The second-order valence-electron chi connectivity index (χ2n) is 3.10. The fraction of sp³-hybridized carbons (Fsp3) is 0.273. The molecule has 0 atom stereocenters. The molecule has 4 N–H and O–H groups in total. The fourth-order valence-corrected chi connectivity index (χ4v) is 1.13. The summed E-state index contributed by atoms with van der Waals surface area (Å²) in [6, 6.07) is 7.20. The summed E-state index contributed by atoms with van der Waals surface area (Å²) >= 11 is 0. The predicted molar refractivity (Wildman–Crippen MR) is 62.1 cm³/mol. The maximum Gasteiger partial charge on any atom is 0.435 e. The van der Waals surface area contributed by atoms with Crippen molar-refractivity contribution in [3.05, 3.63) is 35.4 Å². The van der Waals surface area contributed by atoms with Gasteiger partial charge in [-0.3, -0.25) is 0 Å². The minimum absolute atomic E-state index is 0.141. The Kier molecular flexibility index (Phi) is 4.47. The van der Waals surface area contributed by atoms with Crippen LogP contribution in [0.15, 0.2) is 29.3 Å². The first-order valence-electron chi connectivity index (χ1n) is 4.97. The van der Waals surface area contributed by atoms with E-state index in [9.17, 15) is 4.79 Å². The molecule has 0 heterocycles. The zero-order valence-corrected chi connectivity index (χ0v) is 9.14. The van der Waals surface area contributed by atoms with Crippen LogP contribution in [-0.2, 0) is 11.3 Å². The molecule has 5 heteroatoms. The van der Waals surface area contributed by atoms with Gasteiger partial charge in [-0.05, 0) is 12.5 Å². The number of benzene rings is 1. The Morgan fingerprint density at radius 2 is 2.00 bits per heavy atom. The van der Waals surface area contributed by atoms with Gasteiger partial charge >= 0.3 is 6.09 Å². The van der Waals surface area contributed by atoms with Gasteiger partial charge in [-0.25, -0.2) is 4.79 Å². The highest BCUT2D eigenvalue weighted by atomic mass is 16.5. The van der Waals surface area contributed by atoms with Crippen LogP contribution in [0.1, 0.15) is 18.1 Å². The quantitative estimate of drug-likeness (QED) is 0.588. The van der Waals surface area contributed by atoms with Crippen molar-refractivity contribution >= 4 is 11.9 Å². The van der Waals surface area contributed by atoms with Crippen molar-refractivity contribution in [2.75, 3.05) is 6.61 Å². The summed E-state index contributed by atoms with van der Waals surface area (Å²) in [6.45, 7) is 2.45. The monoisotopic (exact) mass is 221 g/mol. The molecule has 1 aromatic rings. The van der Waals surface area contributed by atoms with E-state index in [2.05, 4.69) is 9.73 Å². The molecule has 1 rings (SSSR count). The normalized spacial score (nSPS) is 11.2. The number of hydrogen-bond acceptors (Lipinski definition) is 3. The lowest BCUT2D eigenvalue weighted by atomic mass is 10.1. The number of carbonyl (C=O) groups is 1. The van der Waals surface area contributed by atoms with Gasteiger partial charge in [-0.2, -0.15) is 4.99 Å². The predicted octanol–water partition coefficient (Wildman–Crippen LogP) is 1.01. The van der Waals surface area contributed by atoms with Crippen molar-refractivity contribution in [1.29, 1.82) is 0 Å². The van der Waals surface area contributed by atoms with E-state index < -0.39 is 6.09 Å². The lowest BCUT2D eigenvalue weighted by Crippen LogP contribution is -2.16. The van der Waals surface area contributed by atoms with Crippen molar-refractivity contribution in [3.63, 3.8) is 0 Å². The second kappa shape index (κ2) is 5.87. The molecule has 0 aliphatic heterocycles. The molecule has 1 amide bonds. The SMILES string of the molecule is CCOC(=O)/N=C(/N)c1ccc(CN)cc1. The highest BCUT2D eigenvalue weighted by Crippen LogP contribution is 2.03. The Morgan fingerprint density at radius 3 is 2.50 bits per heavy atom. The molecule has 0 radical (unpaired) electrons. The molecule has 1 aromatic carbocycles. The minimum atomic E-state index is -0.678. The van der Waals surface area contributed by atoms with Crippen LogP contribution in [-0.4, -0.2) is 18.5 Å². The van der Waals surface area contributed by atoms with Gasteiger partial charge in [0.05, 0.1) is 6.61 Å². The average molecular weight is 221 g/mol. The summed E-state index contributed by atoms with van der Waals surface area (Å²) in [4.78, 5) is 14.6. The van der Waals surface area contributed by atoms with Crippen LogP contribution in [0.5, 0.6) is 0 Å². The third kappa shape index (κ3) is 3.36. The van der Waals surface area contributed by atoms with Gasteiger partial charge in [-0.1, -0.05) is 24.3 Å². The van der Waals surface area contributed by atoms with Gasteiger partial charge in [0.2, 0.25) is 0 Å². The third-order valence-electron chi connectivity index (χ3n) is 1.96. The number of rotatable bonds is 3. The topological polar surface area (TPSA) is 90.7 Å². The molecule has 0 aromatic heterocycles. The molecule has 0 saturated carbocycles. The van der Waals surface area contributed by atoms with E-state index in [1.165, 1.54) is 0 Å². The number of hydrogen-bond donors (Lipinski definition) is 2. The molecule has 0 unspecified atom stereocenters. The van der Waals surface area contributed by atoms with Crippen LogP contribution in [0.2, 0.25) is 0 Å². The number of amidine groups is 1. The van der Waals surface area contributed by atoms with Crippen LogP contribution in [0.4, 0.5) is 4.79 Å². The van der Waals surface area contributed by atoms with Crippen molar-refractivity contribution < 1.29 is 9.53 Å². The number of carbonyl (C=O) groups excluding carboxylic acids is 1.